The highest BCUT2D eigenvalue weighted by atomic mass is 19.1. The molecule has 0 bridgehead atoms. The molecule has 2 N–H and O–H groups in total. The molecular formula is C14H19FN2O3. The van der Waals surface area contributed by atoms with Crippen LogP contribution in [0, 0.1) is 21.8 Å². The number of nitro groups is 1. The van der Waals surface area contributed by atoms with Crippen LogP contribution >= 0.6 is 0 Å². The lowest BCUT2D eigenvalue weighted by molar-refractivity contribution is -0.385. The van der Waals surface area contributed by atoms with Crippen molar-refractivity contribution in [1.29, 1.82) is 0 Å². The van der Waals surface area contributed by atoms with Gasteiger partial charge in [0, 0.05) is 24.7 Å². The molecule has 0 spiro atoms. The molecular weight excluding hydrogens is 263 g/mol. The number of nitro benzene ring substituents is 1. The van der Waals surface area contributed by atoms with Gasteiger partial charge in [-0.15, -0.1) is 0 Å². The molecule has 1 aromatic carbocycles. The molecule has 110 valence electrons. The molecule has 1 aliphatic carbocycles. The SMILES string of the molecule is O=[N+]([O-])c1ccc(F)cc1CNCC1CCCCC1O. The lowest BCUT2D eigenvalue weighted by atomic mass is 9.86. The van der Waals surface area contributed by atoms with Gasteiger partial charge in [0.1, 0.15) is 5.82 Å². The quantitative estimate of drug-likeness (QED) is 0.642. The fourth-order valence-electron chi connectivity index (χ4n) is 2.69. The molecule has 20 heavy (non-hydrogen) atoms. The van der Waals surface area contributed by atoms with Gasteiger partial charge in [-0.2, -0.15) is 0 Å². The first-order valence-electron chi connectivity index (χ1n) is 6.89. The Kier molecular flexibility index (Phi) is 5.03. The van der Waals surface area contributed by atoms with Crippen LogP contribution in [0.5, 0.6) is 0 Å². The Morgan fingerprint density at radius 3 is 2.85 bits per heavy atom. The minimum Gasteiger partial charge on any atom is -0.393 e. The Bertz CT molecular complexity index is 481. The summed E-state index contributed by atoms with van der Waals surface area (Å²) in [5.74, 6) is -0.304. The molecule has 0 saturated heterocycles. The van der Waals surface area contributed by atoms with Crippen LogP contribution in [0.1, 0.15) is 31.2 Å². The summed E-state index contributed by atoms with van der Waals surface area (Å²) in [6.45, 7) is 0.826. The standard InChI is InChI=1S/C14H19FN2O3/c15-12-5-6-13(17(19)20)11(7-12)9-16-8-10-3-1-2-4-14(10)18/h5-7,10,14,16,18H,1-4,8-9H2. The van der Waals surface area contributed by atoms with Crippen molar-refractivity contribution in [3.05, 3.63) is 39.7 Å². The van der Waals surface area contributed by atoms with Crippen LogP contribution in [0.4, 0.5) is 10.1 Å². The van der Waals surface area contributed by atoms with Crippen LogP contribution in [-0.4, -0.2) is 22.7 Å². The van der Waals surface area contributed by atoms with E-state index in [2.05, 4.69) is 5.32 Å². The van der Waals surface area contributed by atoms with Crippen molar-refractivity contribution in [2.45, 2.75) is 38.3 Å². The highest BCUT2D eigenvalue weighted by Crippen LogP contribution is 2.24. The second kappa shape index (κ2) is 6.76. The summed E-state index contributed by atoms with van der Waals surface area (Å²) in [5, 5.41) is 23.8. The third kappa shape index (κ3) is 3.74. The average molecular weight is 282 g/mol. The van der Waals surface area contributed by atoms with E-state index < -0.39 is 10.7 Å². The van der Waals surface area contributed by atoms with Crippen LogP contribution in [0.15, 0.2) is 18.2 Å². The average Bonchev–Trinajstić information content (AvgIpc) is 2.41. The summed E-state index contributed by atoms with van der Waals surface area (Å²) in [6, 6.07) is 3.46. The smallest absolute Gasteiger partial charge is 0.274 e. The van der Waals surface area contributed by atoms with E-state index in [4.69, 9.17) is 0 Å². The van der Waals surface area contributed by atoms with Crippen LogP contribution < -0.4 is 5.32 Å². The van der Waals surface area contributed by atoms with Gasteiger partial charge in [0.25, 0.3) is 5.69 Å². The van der Waals surface area contributed by atoms with Crippen molar-refractivity contribution < 1.29 is 14.4 Å². The first kappa shape index (κ1) is 14.9. The lowest BCUT2D eigenvalue weighted by Gasteiger charge is -2.27. The molecule has 1 fully saturated rings. The van der Waals surface area contributed by atoms with Crippen LogP contribution in [-0.2, 0) is 6.54 Å². The molecule has 2 rings (SSSR count). The zero-order chi connectivity index (χ0) is 14.5. The summed E-state index contributed by atoms with van der Waals surface area (Å²) < 4.78 is 13.2. The second-order valence-corrected chi connectivity index (χ2v) is 5.27. The predicted molar refractivity (Wildman–Crippen MR) is 72.7 cm³/mol. The first-order valence-corrected chi connectivity index (χ1v) is 6.89. The van der Waals surface area contributed by atoms with Gasteiger partial charge in [0.05, 0.1) is 11.0 Å². The highest BCUT2D eigenvalue weighted by molar-refractivity contribution is 5.40. The molecule has 1 aliphatic rings. The molecule has 0 radical (unpaired) electrons. The van der Waals surface area contributed by atoms with Gasteiger partial charge in [0.15, 0.2) is 0 Å². The highest BCUT2D eigenvalue weighted by Gasteiger charge is 2.23. The van der Waals surface area contributed by atoms with E-state index in [-0.39, 0.29) is 24.3 Å². The Hall–Kier alpha value is -1.53. The van der Waals surface area contributed by atoms with E-state index in [1.165, 1.54) is 12.1 Å². The topological polar surface area (TPSA) is 75.4 Å². The van der Waals surface area contributed by atoms with Crippen molar-refractivity contribution in [2.75, 3.05) is 6.54 Å². The minimum atomic E-state index is -0.508. The lowest BCUT2D eigenvalue weighted by Crippen LogP contribution is -2.33. The van der Waals surface area contributed by atoms with E-state index >= 15 is 0 Å². The molecule has 1 aromatic rings. The van der Waals surface area contributed by atoms with Gasteiger partial charge in [-0.1, -0.05) is 12.8 Å². The van der Waals surface area contributed by atoms with Gasteiger partial charge in [-0.3, -0.25) is 10.1 Å². The zero-order valence-electron chi connectivity index (χ0n) is 11.2. The van der Waals surface area contributed by atoms with Crippen molar-refractivity contribution in [3.63, 3.8) is 0 Å². The maximum absolute atomic E-state index is 13.2. The Labute approximate surface area is 117 Å². The van der Waals surface area contributed by atoms with E-state index in [9.17, 15) is 19.6 Å². The molecule has 0 aromatic heterocycles. The number of rotatable bonds is 5. The van der Waals surface area contributed by atoms with Crippen LogP contribution in [0.25, 0.3) is 0 Å². The summed E-state index contributed by atoms with van der Waals surface area (Å²) in [7, 11) is 0. The third-order valence-corrected chi connectivity index (χ3v) is 3.83. The molecule has 2 unspecified atom stereocenters. The second-order valence-electron chi connectivity index (χ2n) is 5.27. The van der Waals surface area contributed by atoms with Gasteiger partial charge in [-0.25, -0.2) is 4.39 Å². The number of hydrogen-bond donors (Lipinski definition) is 2. The van der Waals surface area contributed by atoms with Gasteiger partial charge in [0.2, 0.25) is 0 Å². The van der Waals surface area contributed by atoms with E-state index in [1.807, 2.05) is 0 Å². The molecule has 0 heterocycles. The van der Waals surface area contributed by atoms with Gasteiger partial charge >= 0.3 is 0 Å². The van der Waals surface area contributed by atoms with E-state index in [0.29, 0.717) is 12.1 Å². The number of nitrogens with one attached hydrogen (secondary N) is 1. The number of nitrogens with zero attached hydrogens (tertiary/aromatic N) is 1. The summed E-state index contributed by atoms with van der Waals surface area (Å²) in [4.78, 5) is 10.4. The number of aliphatic hydroxyl groups excluding tert-OH is 1. The van der Waals surface area contributed by atoms with Crippen molar-refractivity contribution >= 4 is 5.69 Å². The predicted octanol–water partition coefficient (Wildman–Crippen LogP) is 2.37. The maximum Gasteiger partial charge on any atom is 0.274 e. The third-order valence-electron chi connectivity index (χ3n) is 3.83. The minimum absolute atomic E-state index is 0.0805. The molecule has 1 saturated carbocycles. The maximum atomic E-state index is 13.2. The van der Waals surface area contributed by atoms with Crippen LogP contribution in [0.2, 0.25) is 0 Å². The zero-order valence-corrected chi connectivity index (χ0v) is 11.2. The van der Waals surface area contributed by atoms with E-state index in [1.54, 1.807) is 0 Å². The van der Waals surface area contributed by atoms with Crippen LogP contribution in [0.3, 0.4) is 0 Å². The fourth-order valence-corrected chi connectivity index (χ4v) is 2.69. The Morgan fingerprint density at radius 1 is 1.40 bits per heavy atom. The molecule has 0 amide bonds. The fraction of sp³-hybridized carbons (Fsp3) is 0.571. The molecule has 6 heteroatoms. The molecule has 5 nitrogen and oxygen atoms in total. The normalized spacial score (nSPS) is 22.7. The monoisotopic (exact) mass is 282 g/mol. The largest absolute Gasteiger partial charge is 0.393 e. The van der Waals surface area contributed by atoms with E-state index in [0.717, 1.165) is 31.7 Å². The summed E-state index contributed by atoms with van der Waals surface area (Å²) in [5.41, 5.74) is 0.253. The van der Waals surface area contributed by atoms with Crippen molar-refractivity contribution in [2.24, 2.45) is 5.92 Å². The van der Waals surface area contributed by atoms with Gasteiger partial charge < -0.3 is 10.4 Å². The number of aliphatic hydroxyl groups is 1. The molecule has 2 atom stereocenters. The Balaban J connectivity index is 1.93. The number of halogens is 1. The van der Waals surface area contributed by atoms with Crippen molar-refractivity contribution in [1.82, 2.24) is 5.32 Å². The van der Waals surface area contributed by atoms with Gasteiger partial charge in [-0.05, 0) is 30.9 Å². The van der Waals surface area contributed by atoms with Crippen molar-refractivity contribution in [3.8, 4) is 0 Å². The number of hydrogen-bond acceptors (Lipinski definition) is 4. The summed E-state index contributed by atoms with van der Waals surface area (Å²) >= 11 is 0. The Morgan fingerprint density at radius 2 is 2.15 bits per heavy atom. The summed E-state index contributed by atoms with van der Waals surface area (Å²) in [6.07, 6.45) is 3.61. The first-order chi connectivity index (χ1) is 9.58. The molecule has 0 aliphatic heterocycles. The number of benzene rings is 1.